The Morgan fingerprint density at radius 1 is 1.25 bits per heavy atom. The Kier molecular flexibility index (Phi) is 4.07. The van der Waals surface area contributed by atoms with E-state index in [1.807, 2.05) is 6.07 Å². The lowest BCUT2D eigenvalue weighted by Crippen LogP contribution is -2.12. The van der Waals surface area contributed by atoms with E-state index in [0.29, 0.717) is 5.69 Å². The fourth-order valence-corrected chi connectivity index (χ4v) is 2.40. The van der Waals surface area contributed by atoms with Crippen molar-refractivity contribution in [2.24, 2.45) is 0 Å². The number of nitrogens with zero attached hydrogens (tertiary/aromatic N) is 2. The van der Waals surface area contributed by atoms with Crippen LogP contribution in [0.3, 0.4) is 0 Å². The largest absolute Gasteiger partial charge is 0.490 e. The fourth-order valence-electron chi connectivity index (χ4n) is 2.40. The van der Waals surface area contributed by atoms with Crippen molar-refractivity contribution in [2.45, 2.75) is 0 Å². The highest BCUT2D eigenvalue weighted by atomic mass is 16.6. The van der Waals surface area contributed by atoms with E-state index in [9.17, 15) is 14.9 Å². The molecular weight excluding hydrogens is 310 g/mol. The van der Waals surface area contributed by atoms with E-state index in [2.05, 4.69) is 10.3 Å². The molecule has 1 amide bonds. The number of hydrogen-bond acceptors (Lipinski definition) is 5. The van der Waals surface area contributed by atoms with Crippen molar-refractivity contribution in [3.05, 3.63) is 70.5 Å². The van der Waals surface area contributed by atoms with Crippen molar-refractivity contribution in [2.75, 3.05) is 12.4 Å². The molecular formula is C17H13N3O4. The van der Waals surface area contributed by atoms with E-state index in [0.717, 1.165) is 10.8 Å². The summed E-state index contributed by atoms with van der Waals surface area (Å²) >= 11 is 0. The number of anilines is 1. The van der Waals surface area contributed by atoms with Crippen molar-refractivity contribution >= 4 is 28.1 Å². The minimum absolute atomic E-state index is 0.104. The highest BCUT2D eigenvalue weighted by molar-refractivity contribution is 6.09. The van der Waals surface area contributed by atoms with Crippen LogP contribution in [0.4, 0.5) is 11.4 Å². The number of fused-ring (bicyclic) bond motifs is 1. The quantitative estimate of drug-likeness (QED) is 0.586. The smallest absolute Gasteiger partial charge is 0.311 e. The molecule has 0 aliphatic heterocycles. The minimum Gasteiger partial charge on any atom is -0.490 e. The van der Waals surface area contributed by atoms with E-state index in [1.54, 1.807) is 30.6 Å². The van der Waals surface area contributed by atoms with Crippen LogP contribution in [0.15, 0.2) is 54.9 Å². The lowest BCUT2D eigenvalue weighted by Gasteiger charge is -2.09. The first-order chi connectivity index (χ1) is 11.6. The highest BCUT2D eigenvalue weighted by Gasteiger charge is 2.18. The van der Waals surface area contributed by atoms with Crippen molar-refractivity contribution < 1.29 is 14.5 Å². The molecule has 0 unspecified atom stereocenters. The Labute approximate surface area is 137 Å². The first-order valence-corrected chi connectivity index (χ1v) is 7.06. The van der Waals surface area contributed by atoms with Gasteiger partial charge in [0.15, 0.2) is 5.75 Å². The molecule has 0 fully saturated rings. The molecule has 0 radical (unpaired) electrons. The molecule has 0 spiro atoms. The normalized spacial score (nSPS) is 10.4. The van der Waals surface area contributed by atoms with E-state index in [4.69, 9.17) is 4.74 Å². The number of nitro benzene ring substituents is 1. The molecule has 0 aliphatic rings. The van der Waals surface area contributed by atoms with Gasteiger partial charge in [-0.15, -0.1) is 0 Å². The molecule has 0 bridgehead atoms. The van der Waals surface area contributed by atoms with Gasteiger partial charge in [-0.25, -0.2) is 0 Å². The van der Waals surface area contributed by atoms with Crippen LogP contribution in [0.5, 0.6) is 5.75 Å². The topological polar surface area (TPSA) is 94.4 Å². The number of ether oxygens (including phenoxy) is 1. The van der Waals surface area contributed by atoms with E-state index in [-0.39, 0.29) is 17.0 Å². The lowest BCUT2D eigenvalue weighted by atomic mass is 10.1. The molecule has 0 saturated carbocycles. The number of amides is 1. The zero-order valence-electron chi connectivity index (χ0n) is 12.7. The number of aromatic nitrogens is 1. The van der Waals surface area contributed by atoms with Crippen LogP contribution in [0.1, 0.15) is 10.4 Å². The second kappa shape index (κ2) is 6.33. The van der Waals surface area contributed by atoms with Crippen LogP contribution >= 0.6 is 0 Å². The minimum atomic E-state index is -0.584. The van der Waals surface area contributed by atoms with Gasteiger partial charge in [0.1, 0.15) is 0 Å². The summed E-state index contributed by atoms with van der Waals surface area (Å²) in [7, 11) is 1.34. The number of benzene rings is 2. The average molecular weight is 323 g/mol. The van der Waals surface area contributed by atoms with Gasteiger partial charge in [-0.05, 0) is 24.3 Å². The van der Waals surface area contributed by atoms with Gasteiger partial charge in [0, 0.05) is 40.5 Å². The molecule has 120 valence electrons. The molecule has 1 aromatic heterocycles. The molecule has 0 aliphatic carbocycles. The van der Waals surface area contributed by atoms with Crippen LogP contribution in [0.25, 0.3) is 10.8 Å². The summed E-state index contributed by atoms with van der Waals surface area (Å²) in [6, 6.07) is 11.3. The standard InChI is InChI=1S/C17H13N3O4/c1-24-16-6-5-11(9-15(16)20(22)23)17(21)19-14-4-2-3-12-10-18-8-7-13(12)14/h2-10H,1H3,(H,19,21). The summed E-state index contributed by atoms with van der Waals surface area (Å²) in [6.07, 6.45) is 3.33. The summed E-state index contributed by atoms with van der Waals surface area (Å²) in [4.78, 5) is 27.0. The maximum Gasteiger partial charge on any atom is 0.311 e. The second-order valence-corrected chi connectivity index (χ2v) is 5.00. The summed E-state index contributed by atoms with van der Waals surface area (Å²) < 4.78 is 4.94. The van der Waals surface area contributed by atoms with Crippen molar-refractivity contribution in [3.8, 4) is 5.75 Å². The van der Waals surface area contributed by atoms with Crippen LogP contribution in [-0.4, -0.2) is 22.9 Å². The number of hydrogen-bond donors (Lipinski definition) is 1. The molecule has 0 atom stereocenters. The number of rotatable bonds is 4. The van der Waals surface area contributed by atoms with Gasteiger partial charge in [0.25, 0.3) is 5.91 Å². The first kappa shape index (κ1) is 15.4. The Morgan fingerprint density at radius 3 is 2.83 bits per heavy atom. The number of nitro groups is 1. The molecule has 1 heterocycles. The van der Waals surface area contributed by atoms with Crippen LogP contribution < -0.4 is 10.1 Å². The summed E-state index contributed by atoms with van der Waals surface area (Å²) in [6.45, 7) is 0. The Morgan fingerprint density at radius 2 is 2.08 bits per heavy atom. The van der Waals surface area contributed by atoms with Gasteiger partial charge < -0.3 is 10.1 Å². The maximum absolute atomic E-state index is 12.4. The van der Waals surface area contributed by atoms with Gasteiger partial charge in [-0.3, -0.25) is 19.9 Å². The molecule has 3 rings (SSSR count). The van der Waals surface area contributed by atoms with Gasteiger partial charge in [0.05, 0.1) is 12.0 Å². The summed E-state index contributed by atoms with van der Waals surface area (Å²) in [5.74, 6) is -0.335. The van der Waals surface area contributed by atoms with Crippen molar-refractivity contribution in [1.82, 2.24) is 4.98 Å². The molecule has 7 nitrogen and oxygen atoms in total. The molecule has 0 saturated heterocycles. The lowest BCUT2D eigenvalue weighted by molar-refractivity contribution is -0.385. The summed E-state index contributed by atoms with van der Waals surface area (Å²) in [5.41, 5.74) is 0.527. The number of carbonyl (C=O) groups is 1. The predicted molar refractivity (Wildman–Crippen MR) is 89.3 cm³/mol. The SMILES string of the molecule is COc1ccc(C(=O)Nc2cccc3cnccc23)cc1[N+](=O)[O-]. The van der Waals surface area contributed by atoms with Crippen LogP contribution in [0.2, 0.25) is 0 Å². The maximum atomic E-state index is 12.4. The number of carbonyl (C=O) groups excluding carboxylic acids is 1. The van der Waals surface area contributed by atoms with Gasteiger partial charge in [-0.1, -0.05) is 12.1 Å². The third kappa shape index (κ3) is 2.87. The van der Waals surface area contributed by atoms with E-state index in [1.165, 1.54) is 25.3 Å². The van der Waals surface area contributed by atoms with Crippen LogP contribution in [0, 0.1) is 10.1 Å². The van der Waals surface area contributed by atoms with E-state index >= 15 is 0 Å². The van der Waals surface area contributed by atoms with Crippen LogP contribution in [-0.2, 0) is 0 Å². The fraction of sp³-hybridized carbons (Fsp3) is 0.0588. The summed E-state index contributed by atoms with van der Waals surface area (Å²) in [5, 5.41) is 15.6. The van der Waals surface area contributed by atoms with Gasteiger partial charge >= 0.3 is 5.69 Å². The third-order valence-electron chi connectivity index (χ3n) is 3.57. The zero-order valence-corrected chi connectivity index (χ0v) is 12.7. The first-order valence-electron chi connectivity index (χ1n) is 7.06. The molecule has 3 aromatic rings. The Balaban J connectivity index is 1.95. The highest BCUT2D eigenvalue weighted by Crippen LogP contribution is 2.28. The molecule has 1 N–H and O–H groups in total. The predicted octanol–water partition coefficient (Wildman–Crippen LogP) is 3.40. The molecule has 7 heteroatoms. The number of nitrogens with one attached hydrogen (secondary N) is 1. The van der Waals surface area contributed by atoms with E-state index < -0.39 is 10.8 Å². The number of methoxy groups -OCH3 is 1. The Bertz CT molecular complexity index is 935. The second-order valence-electron chi connectivity index (χ2n) is 5.00. The Hall–Kier alpha value is -3.48. The zero-order chi connectivity index (χ0) is 17.1. The van der Waals surface area contributed by atoms with Crippen molar-refractivity contribution in [3.63, 3.8) is 0 Å². The van der Waals surface area contributed by atoms with Gasteiger partial charge in [0.2, 0.25) is 0 Å². The van der Waals surface area contributed by atoms with Crippen molar-refractivity contribution in [1.29, 1.82) is 0 Å². The third-order valence-corrected chi connectivity index (χ3v) is 3.57. The van der Waals surface area contributed by atoms with Gasteiger partial charge in [-0.2, -0.15) is 0 Å². The average Bonchev–Trinajstić information content (AvgIpc) is 2.61. The molecule has 24 heavy (non-hydrogen) atoms. The monoisotopic (exact) mass is 323 g/mol. The number of pyridine rings is 1. The molecule has 2 aromatic carbocycles.